The van der Waals surface area contributed by atoms with Crippen molar-refractivity contribution in [3.8, 4) is 5.75 Å². The first-order valence-corrected chi connectivity index (χ1v) is 6.78. The Bertz CT molecular complexity index is 495. The number of hydrogen-bond acceptors (Lipinski definition) is 4. The van der Waals surface area contributed by atoms with Crippen molar-refractivity contribution < 1.29 is 19.4 Å². The lowest BCUT2D eigenvalue weighted by Crippen LogP contribution is -2.38. The molecule has 0 aliphatic carbocycles. The van der Waals surface area contributed by atoms with Crippen molar-refractivity contribution in [3.63, 3.8) is 0 Å². The van der Waals surface area contributed by atoms with Crippen LogP contribution in [0, 0.1) is 0 Å². The first kappa shape index (κ1) is 16.8. The molecule has 0 bridgehead atoms. The normalized spacial score (nSPS) is 10.8. The van der Waals surface area contributed by atoms with E-state index in [0.29, 0.717) is 12.1 Å². The van der Waals surface area contributed by atoms with E-state index in [2.05, 4.69) is 10.6 Å². The number of aromatic hydroxyl groups is 1. The highest BCUT2D eigenvalue weighted by atomic mass is 16.6. The summed E-state index contributed by atoms with van der Waals surface area (Å²) in [6.45, 7) is 5.91. The summed E-state index contributed by atoms with van der Waals surface area (Å²) >= 11 is 0. The molecule has 0 atom stereocenters. The van der Waals surface area contributed by atoms with Crippen LogP contribution in [0.4, 0.5) is 4.79 Å². The van der Waals surface area contributed by atoms with Gasteiger partial charge < -0.3 is 20.5 Å². The standard InChI is InChI=1S/C15H22N2O4/c1-15(2,3)21-14(20)17-9-8-16-13(19)10-11-6-4-5-7-12(11)18/h4-7,18H,8-10H2,1-3H3,(H,16,19)(H,17,20). The van der Waals surface area contributed by atoms with Crippen LogP contribution in [-0.4, -0.2) is 35.8 Å². The second-order valence-electron chi connectivity index (χ2n) is 5.58. The maximum Gasteiger partial charge on any atom is 0.407 e. The van der Waals surface area contributed by atoms with Crippen LogP contribution in [0.25, 0.3) is 0 Å². The molecule has 6 nitrogen and oxygen atoms in total. The summed E-state index contributed by atoms with van der Waals surface area (Å²) < 4.78 is 5.06. The summed E-state index contributed by atoms with van der Waals surface area (Å²) in [4.78, 5) is 23.0. The van der Waals surface area contributed by atoms with E-state index in [0.717, 1.165) is 0 Å². The minimum Gasteiger partial charge on any atom is -0.508 e. The molecule has 1 aromatic rings. The van der Waals surface area contributed by atoms with Crippen LogP contribution in [0.3, 0.4) is 0 Å². The van der Waals surface area contributed by atoms with Crippen molar-refractivity contribution in [2.24, 2.45) is 0 Å². The fourth-order valence-electron chi connectivity index (χ4n) is 1.58. The highest BCUT2D eigenvalue weighted by Crippen LogP contribution is 2.15. The van der Waals surface area contributed by atoms with Crippen LogP contribution in [0.15, 0.2) is 24.3 Å². The SMILES string of the molecule is CC(C)(C)OC(=O)NCCNC(=O)Cc1ccccc1O. The van der Waals surface area contributed by atoms with E-state index < -0.39 is 11.7 Å². The van der Waals surface area contributed by atoms with Gasteiger partial charge >= 0.3 is 6.09 Å². The van der Waals surface area contributed by atoms with Crippen molar-refractivity contribution in [1.82, 2.24) is 10.6 Å². The van der Waals surface area contributed by atoms with Crippen LogP contribution in [0.2, 0.25) is 0 Å². The number of phenols is 1. The second-order valence-corrected chi connectivity index (χ2v) is 5.58. The van der Waals surface area contributed by atoms with Crippen LogP contribution in [0.5, 0.6) is 5.75 Å². The van der Waals surface area contributed by atoms with Gasteiger partial charge in [0.1, 0.15) is 11.4 Å². The van der Waals surface area contributed by atoms with Gasteiger partial charge in [0.05, 0.1) is 6.42 Å². The molecule has 116 valence electrons. The summed E-state index contributed by atoms with van der Waals surface area (Å²) in [7, 11) is 0. The number of rotatable bonds is 5. The molecule has 0 fully saturated rings. The average Bonchev–Trinajstić information content (AvgIpc) is 2.35. The van der Waals surface area contributed by atoms with Crippen molar-refractivity contribution >= 4 is 12.0 Å². The molecule has 21 heavy (non-hydrogen) atoms. The van der Waals surface area contributed by atoms with Crippen molar-refractivity contribution in [2.75, 3.05) is 13.1 Å². The van der Waals surface area contributed by atoms with Crippen LogP contribution < -0.4 is 10.6 Å². The quantitative estimate of drug-likeness (QED) is 0.719. The number of carbonyl (C=O) groups excluding carboxylic acids is 2. The van der Waals surface area contributed by atoms with Gasteiger partial charge in [-0.1, -0.05) is 18.2 Å². The Balaban J connectivity index is 2.23. The largest absolute Gasteiger partial charge is 0.508 e. The number of nitrogens with one attached hydrogen (secondary N) is 2. The number of alkyl carbamates (subject to hydrolysis) is 1. The molecule has 0 radical (unpaired) electrons. The van der Waals surface area contributed by atoms with Crippen LogP contribution in [-0.2, 0) is 16.0 Å². The molecule has 0 aliphatic rings. The summed E-state index contributed by atoms with van der Waals surface area (Å²) in [5.41, 5.74) is 0.0214. The number of amides is 2. The molecule has 1 rings (SSSR count). The van der Waals surface area contributed by atoms with E-state index in [4.69, 9.17) is 4.74 Å². The van der Waals surface area contributed by atoms with Gasteiger partial charge in [-0.05, 0) is 26.8 Å². The highest BCUT2D eigenvalue weighted by molar-refractivity contribution is 5.79. The fourth-order valence-corrected chi connectivity index (χ4v) is 1.58. The van der Waals surface area contributed by atoms with Gasteiger partial charge in [-0.2, -0.15) is 0 Å². The lowest BCUT2D eigenvalue weighted by molar-refractivity contribution is -0.120. The first-order valence-electron chi connectivity index (χ1n) is 6.78. The molecule has 0 aromatic heterocycles. The number of benzene rings is 1. The van der Waals surface area contributed by atoms with Gasteiger partial charge in [0.2, 0.25) is 5.91 Å². The van der Waals surface area contributed by atoms with Gasteiger partial charge in [0.25, 0.3) is 0 Å². The van der Waals surface area contributed by atoms with Gasteiger partial charge in [0.15, 0.2) is 0 Å². The number of hydrogen-bond donors (Lipinski definition) is 3. The summed E-state index contributed by atoms with van der Waals surface area (Å²) in [6, 6.07) is 6.68. The predicted molar refractivity (Wildman–Crippen MR) is 79.1 cm³/mol. The molecule has 0 aliphatic heterocycles. The van der Waals surface area contributed by atoms with E-state index in [1.807, 2.05) is 0 Å². The number of phenolic OH excluding ortho intramolecular Hbond substituents is 1. The van der Waals surface area contributed by atoms with Crippen LogP contribution >= 0.6 is 0 Å². The third kappa shape index (κ3) is 7.20. The molecular weight excluding hydrogens is 272 g/mol. The van der Waals surface area contributed by atoms with Gasteiger partial charge in [-0.25, -0.2) is 4.79 Å². The molecule has 0 saturated carbocycles. The molecule has 1 aromatic carbocycles. The maximum absolute atomic E-state index is 11.7. The van der Waals surface area contributed by atoms with E-state index in [1.165, 1.54) is 6.07 Å². The lowest BCUT2D eigenvalue weighted by atomic mass is 10.1. The minimum absolute atomic E-state index is 0.0963. The Labute approximate surface area is 124 Å². The molecule has 0 saturated heterocycles. The van der Waals surface area contributed by atoms with Gasteiger partial charge in [-0.3, -0.25) is 4.79 Å². The predicted octanol–water partition coefficient (Wildman–Crippen LogP) is 1.58. The van der Waals surface area contributed by atoms with Crippen molar-refractivity contribution in [2.45, 2.75) is 32.8 Å². The minimum atomic E-state index is -0.543. The van der Waals surface area contributed by atoms with Crippen molar-refractivity contribution in [3.05, 3.63) is 29.8 Å². The molecular formula is C15H22N2O4. The number of carbonyl (C=O) groups is 2. The van der Waals surface area contributed by atoms with Crippen molar-refractivity contribution in [1.29, 1.82) is 0 Å². The lowest BCUT2D eigenvalue weighted by Gasteiger charge is -2.19. The van der Waals surface area contributed by atoms with E-state index >= 15 is 0 Å². The highest BCUT2D eigenvalue weighted by Gasteiger charge is 2.15. The Kier molecular flexibility index (Phi) is 6.02. The number of para-hydroxylation sites is 1. The maximum atomic E-state index is 11.7. The molecule has 2 amide bonds. The fraction of sp³-hybridized carbons (Fsp3) is 0.467. The first-order chi connectivity index (χ1) is 9.78. The van der Waals surface area contributed by atoms with Gasteiger partial charge in [-0.15, -0.1) is 0 Å². The Morgan fingerprint density at radius 1 is 1.14 bits per heavy atom. The Morgan fingerprint density at radius 2 is 1.76 bits per heavy atom. The van der Waals surface area contributed by atoms with E-state index in [-0.39, 0.29) is 24.6 Å². The molecule has 3 N–H and O–H groups in total. The molecule has 0 unspecified atom stereocenters. The zero-order valence-corrected chi connectivity index (χ0v) is 12.6. The molecule has 6 heteroatoms. The van der Waals surface area contributed by atoms with Crippen LogP contribution in [0.1, 0.15) is 26.3 Å². The summed E-state index contributed by atoms with van der Waals surface area (Å²) in [6.07, 6.45) is -0.420. The third-order valence-corrected chi connectivity index (χ3v) is 2.46. The monoisotopic (exact) mass is 294 g/mol. The Hall–Kier alpha value is -2.24. The Morgan fingerprint density at radius 3 is 2.38 bits per heavy atom. The summed E-state index contributed by atoms with van der Waals surface area (Å²) in [5.74, 6) is -0.123. The zero-order valence-electron chi connectivity index (χ0n) is 12.6. The smallest absolute Gasteiger partial charge is 0.407 e. The average molecular weight is 294 g/mol. The summed E-state index contributed by atoms with van der Waals surface area (Å²) in [5, 5.41) is 14.8. The number of ether oxygens (including phenoxy) is 1. The second kappa shape index (κ2) is 7.52. The topological polar surface area (TPSA) is 87.7 Å². The van der Waals surface area contributed by atoms with E-state index in [9.17, 15) is 14.7 Å². The molecule has 0 spiro atoms. The third-order valence-electron chi connectivity index (χ3n) is 2.46. The van der Waals surface area contributed by atoms with E-state index in [1.54, 1.807) is 39.0 Å². The zero-order chi connectivity index (χ0) is 15.9. The van der Waals surface area contributed by atoms with Gasteiger partial charge in [0, 0.05) is 18.7 Å². The molecule has 0 heterocycles.